The number of halogens is 1. The fraction of sp³-hybridized carbons (Fsp3) is 0.571. The molecule has 0 N–H and O–H groups in total. The SMILES string of the molecule is Cc1ccc(OCCC(C)CCBr)cc1C. The molecule has 1 atom stereocenters. The first-order chi connectivity index (χ1) is 7.63. The molecule has 0 heterocycles. The topological polar surface area (TPSA) is 9.23 Å². The monoisotopic (exact) mass is 284 g/mol. The maximum absolute atomic E-state index is 5.74. The Balaban J connectivity index is 2.34. The lowest BCUT2D eigenvalue weighted by Crippen LogP contribution is -2.04. The van der Waals surface area contributed by atoms with E-state index in [4.69, 9.17) is 4.74 Å². The van der Waals surface area contributed by atoms with Crippen LogP contribution in [0.3, 0.4) is 0 Å². The molecule has 0 aliphatic rings. The van der Waals surface area contributed by atoms with E-state index in [9.17, 15) is 0 Å². The first-order valence-corrected chi connectivity index (χ1v) is 7.01. The lowest BCUT2D eigenvalue weighted by atomic mass is 10.1. The number of hydrogen-bond donors (Lipinski definition) is 0. The largest absolute Gasteiger partial charge is 0.494 e. The van der Waals surface area contributed by atoms with Crippen LogP contribution in [0.15, 0.2) is 18.2 Å². The van der Waals surface area contributed by atoms with Gasteiger partial charge in [0.25, 0.3) is 0 Å². The van der Waals surface area contributed by atoms with E-state index in [2.05, 4.69) is 54.9 Å². The lowest BCUT2D eigenvalue weighted by Gasteiger charge is -2.11. The van der Waals surface area contributed by atoms with Crippen molar-refractivity contribution in [1.82, 2.24) is 0 Å². The molecule has 90 valence electrons. The molecule has 0 aliphatic heterocycles. The van der Waals surface area contributed by atoms with E-state index in [0.717, 1.165) is 30.0 Å². The molecule has 1 aromatic rings. The van der Waals surface area contributed by atoms with Gasteiger partial charge < -0.3 is 4.74 Å². The van der Waals surface area contributed by atoms with Crippen LogP contribution in [0.1, 0.15) is 30.9 Å². The van der Waals surface area contributed by atoms with E-state index in [1.54, 1.807) is 0 Å². The van der Waals surface area contributed by atoms with Gasteiger partial charge in [0, 0.05) is 5.33 Å². The normalized spacial score (nSPS) is 12.5. The van der Waals surface area contributed by atoms with Crippen molar-refractivity contribution >= 4 is 15.9 Å². The second kappa shape index (κ2) is 6.95. The van der Waals surface area contributed by atoms with E-state index < -0.39 is 0 Å². The molecule has 0 aliphatic carbocycles. The van der Waals surface area contributed by atoms with Gasteiger partial charge in [-0.2, -0.15) is 0 Å². The van der Waals surface area contributed by atoms with Gasteiger partial charge in [-0.3, -0.25) is 0 Å². The van der Waals surface area contributed by atoms with Crippen LogP contribution in [0.5, 0.6) is 5.75 Å². The van der Waals surface area contributed by atoms with Crippen molar-refractivity contribution in [1.29, 1.82) is 0 Å². The van der Waals surface area contributed by atoms with Crippen molar-refractivity contribution in [3.05, 3.63) is 29.3 Å². The van der Waals surface area contributed by atoms with E-state index in [1.807, 2.05) is 0 Å². The number of alkyl halides is 1. The van der Waals surface area contributed by atoms with Gasteiger partial charge in [-0.05, 0) is 55.9 Å². The third-order valence-corrected chi connectivity index (χ3v) is 3.42. The van der Waals surface area contributed by atoms with Crippen LogP contribution in [0.25, 0.3) is 0 Å². The molecule has 1 aromatic carbocycles. The zero-order chi connectivity index (χ0) is 12.0. The van der Waals surface area contributed by atoms with Crippen LogP contribution in [0.2, 0.25) is 0 Å². The minimum Gasteiger partial charge on any atom is -0.494 e. The highest BCUT2D eigenvalue weighted by atomic mass is 79.9. The smallest absolute Gasteiger partial charge is 0.119 e. The minimum absolute atomic E-state index is 0.728. The Hall–Kier alpha value is -0.500. The molecule has 0 amide bonds. The summed E-state index contributed by atoms with van der Waals surface area (Å²) in [6.45, 7) is 7.33. The molecular formula is C14H21BrO. The van der Waals surface area contributed by atoms with Crippen LogP contribution in [0.4, 0.5) is 0 Å². The summed E-state index contributed by atoms with van der Waals surface area (Å²) in [7, 11) is 0. The Morgan fingerprint density at radius 1 is 1.19 bits per heavy atom. The first kappa shape index (κ1) is 13.6. The Morgan fingerprint density at radius 2 is 1.94 bits per heavy atom. The van der Waals surface area contributed by atoms with Gasteiger partial charge in [-0.1, -0.05) is 28.9 Å². The molecule has 0 aromatic heterocycles. The van der Waals surface area contributed by atoms with Crippen molar-refractivity contribution in [2.24, 2.45) is 5.92 Å². The molecule has 2 heteroatoms. The fourth-order valence-corrected chi connectivity index (χ4v) is 2.29. The molecule has 0 fully saturated rings. The third kappa shape index (κ3) is 4.56. The highest BCUT2D eigenvalue weighted by Gasteiger charge is 2.02. The molecular weight excluding hydrogens is 264 g/mol. The number of aryl methyl sites for hydroxylation is 2. The highest BCUT2D eigenvalue weighted by Crippen LogP contribution is 2.17. The van der Waals surface area contributed by atoms with E-state index >= 15 is 0 Å². The fourth-order valence-electron chi connectivity index (χ4n) is 1.51. The summed E-state index contributed by atoms with van der Waals surface area (Å²) in [6, 6.07) is 6.29. The molecule has 1 rings (SSSR count). The van der Waals surface area contributed by atoms with Gasteiger partial charge in [0.2, 0.25) is 0 Å². The zero-order valence-electron chi connectivity index (χ0n) is 10.4. The average molecular weight is 285 g/mol. The molecule has 0 saturated heterocycles. The first-order valence-electron chi connectivity index (χ1n) is 5.89. The second-order valence-electron chi connectivity index (χ2n) is 4.47. The maximum Gasteiger partial charge on any atom is 0.119 e. The van der Waals surface area contributed by atoms with E-state index in [1.165, 1.54) is 17.5 Å². The summed E-state index contributed by atoms with van der Waals surface area (Å²) in [4.78, 5) is 0. The van der Waals surface area contributed by atoms with Gasteiger partial charge in [-0.25, -0.2) is 0 Å². The van der Waals surface area contributed by atoms with Gasteiger partial charge in [0.15, 0.2) is 0 Å². The molecule has 0 spiro atoms. The Labute approximate surface area is 107 Å². The van der Waals surface area contributed by atoms with Gasteiger partial charge in [0.05, 0.1) is 6.61 Å². The van der Waals surface area contributed by atoms with Crippen LogP contribution < -0.4 is 4.74 Å². The standard InChI is InChI=1S/C14H21BrO/c1-11(6-8-15)7-9-16-14-5-4-12(2)13(3)10-14/h4-5,10-11H,6-9H2,1-3H3. The summed E-state index contributed by atoms with van der Waals surface area (Å²) in [5.41, 5.74) is 2.62. The van der Waals surface area contributed by atoms with Crippen LogP contribution in [-0.2, 0) is 0 Å². The summed E-state index contributed by atoms with van der Waals surface area (Å²) in [5.74, 6) is 1.72. The second-order valence-corrected chi connectivity index (χ2v) is 5.26. The average Bonchev–Trinajstić information content (AvgIpc) is 2.24. The summed E-state index contributed by atoms with van der Waals surface area (Å²) in [6.07, 6.45) is 2.34. The summed E-state index contributed by atoms with van der Waals surface area (Å²) in [5, 5.41) is 1.08. The lowest BCUT2D eigenvalue weighted by molar-refractivity contribution is 0.282. The summed E-state index contributed by atoms with van der Waals surface area (Å²) >= 11 is 3.46. The highest BCUT2D eigenvalue weighted by molar-refractivity contribution is 9.09. The van der Waals surface area contributed by atoms with Crippen LogP contribution >= 0.6 is 15.9 Å². The quantitative estimate of drug-likeness (QED) is 0.699. The van der Waals surface area contributed by atoms with E-state index in [-0.39, 0.29) is 0 Å². The number of hydrogen-bond acceptors (Lipinski definition) is 1. The predicted octanol–water partition coefficient (Wildman–Crippen LogP) is 4.49. The van der Waals surface area contributed by atoms with Crippen LogP contribution in [0, 0.1) is 19.8 Å². The Morgan fingerprint density at radius 3 is 2.56 bits per heavy atom. The van der Waals surface area contributed by atoms with Crippen LogP contribution in [-0.4, -0.2) is 11.9 Å². The molecule has 1 nitrogen and oxygen atoms in total. The van der Waals surface area contributed by atoms with Crippen molar-refractivity contribution in [2.45, 2.75) is 33.6 Å². The Bertz CT molecular complexity index is 323. The molecule has 0 bridgehead atoms. The third-order valence-electron chi connectivity index (χ3n) is 2.96. The molecule has 1 unspecified atom stereocenters. The molecule has 0 saturated carbocycles. The van der Waals surface area contributed by atoms with Gasteiger partial charge in [-0.15, -0.1) is 0 Å². The maximum atomic E-state index is 5.74. The van der Waals surface area contributed by atoms with Gasteiger partial charge in [0.1, 0.15) is 5.75 Å². The van der Waals surface area contributed by atoms with Crippen molar-refractivity contribution in [2.75, 3.05) is 11.9 Å². The predicted molar refractivity (Wildman–Crippen MR) is 73.6 cm³/mol. The van der Waals surface area contributed by atoms with Gasteiger partial charge >= 0.3 is 0 Å². The van der Waals surface area contributed by atoms with Crippen molar-refractivity contribution < 1.29 is 4.74 Å². The van der Waals surface area contributed by atoms with Crippen molar-refractivity contribution in [3.8, 4) is 5.75 Å². The van der Waals surface area contributed by atoms with E-state index in [0.29, 0.717) is 0 Å². The number of ether oxygens (including phenoxy) is 1. The Kier molecular flexibility index (Phi) is 5.89. The number of benzene rings is 1. The molecule has 16 heavy (non-hydrogen) atoms. The zero-order valence-corrected chi connectivity index (χ0v) is 12.0. The van der Waals surface area contributed by atoms with Crippen molar-refractivity contribution in [3.63, 3.8) is 0 Å². The minimum atomic E-state index is 0.728. The molecule has 0 radical (unpaired) electrons. The summed E-state index contributed by atoms with van der Waals surface area (Å²) < 4.78 is 5.74. The number of rotatable bonds is 6.